The predicted molar refractivity (Wildman–Crippen MR) is 110 cm³/mol. The molecule has 4 N–H and O–H groups in total. The number of allylic oxidation sites excluding steroid dienone is 1. The number of ether oxygens (including phenoxy) is 2. The standard InChI is InChI=1S/C22H22N4O2/c1-4-14-15-7-5-6-8-18(15)25-21(17-12-24-22(26-23)20(14)17)16-10-9-13(27-2)11-19(16)28-3/h4-12,21,24,26H,1,23H2,2-3H3. The van der Waals surface area contributed by atoms with Gasteiger partial charge in [-0.2, -0.15) is 0 Å². The van der Waals surface area contributed by atoms with Gasteiger partial charge >= 0.3 is 0 Å². The molecule has 0 fully saturated rings. The van der Waals surface area contributed by atoms with Gasteiger partial charge in [0.2, 0.25) is 0 Å². The molecule has 0 saturated carbocycles. The summed E-state index contributed by atoms with van der Waals surface area (Å²) in [6.45, 7) is 4.03. The van der Waals surface area contributed by atoms with Gasteiger partial charge in [0.15, 0.2) is 0 Å². The van der Waals surface area contributed by atoms with Crippen molar-refractivity contribution in [3.05, 3.63) is 88.6 Å². The summed E-state index contributed by atoms with van der Waals surface area (Å²) in [5.74, 6) is 7.94. The highest BCUT2D eigenvalue weighted by Crippen LogP contribution is 2.40. The van der Waals surface area contributed by atoms with E-state index in [0.29, 0.717) is 11.6 Å². The third-order valence-corrected chi connectivity index (χ3v) is 5.02. The number of anilines is 1. The Morgan fingerprint density at radius 2 is 1.96 bits per heavy atom. The van der Waals surface area contributed by atoms with E-state index in [9.17, 15) is 0 Å². The highest BCUT2D eigenvalue weighted by molar-refractivity contribution is 5.83. The number of nitrogen functional groups attached to an aromatic ring is 1. The number of nitrogens with one attached hydrogen (secondary N) is 2. The molecule has 2 aromatic carbocycles. The van der Waals surface area contributed by atoms with Crippen molar-refractivity contribution in [2.24, 2.45) is 10.8 Å². The number of benzene rings is 2. The second-order valence-electron chi connectivity index (χ2n) is 6.41. The van der Waals surface area contributed by atoms with Crippen molar-refractivity contribution in [1.29, 1.82) is 0 Å². The van der Waals surface area contributed by atoms with E-state index in [4.69, 9.17) is 20.3 Å². The number of aromatic nitrogens is 1. The molecule has 0 spiro atoms. The lowest BCUT2D eigenvalue weighted by Crippen LogP contribution is -2.26. The molecular weight excluding hydrogens is 352 g/mol. The van der Waals surface area contributed by atoms with Gasteiger partial charge in [-0.25, -0.2) is 5.84 Å². The molecule has 28 heavy (non-hydrogen) atoms. The summed E-state index contributed by atoms with van der Waals surface area (Å²) in [4.78, 5) is 8.30. The zero-order chi connectivity index (χ0) is 19.7. The first-order valence-electron chi connectivity index (χ1n) is 8.91. The molecule has 3 aromatic rings. The van der Waals surface area contributed by atoms with Crippen LogP contribution in [0.4, 0.5) is 5.82 Å². The first-order valence-corrected chi connectivity index (χ1v) is 8.91. The molecule has 0 aliphatic carbocycles. The van der Waals surface area contributed by atoms with Crippen molar-refractivity contribution in [1.82, 2.24) is 4.98 Å². The zero-order valence-corrected chi connectivity index (χ0v) is 15.8. The Morgan fingerprint density at radius 1 is 1.14 bits per heavy atom. The van der Waals surface area contributed by atoms with E-state index < -0.39 is 0 Å². The normalized spacial score (nSPS) is 15.0. The zero-order valence-electron chi connectivity index (χ0n) is 15.8. The van der Waals surface area contributed by atoms with Crippen LogP contribution in [-0.4, -0.2) is 19.2 Å². The minimum absolute atomic E-state index is 0.284. The number of rotatable bonds is 5. The maximum Gasteiger partial charge on any atom is 0.128 e. The number of nitrogens with two attached hydrogens (primary N) is 1. The Bertz CT molecular complexity index is 1160. The molecule has 2 heterocycles. The highest BCUT2D eigenvalue weighted by Gasteiger charge is 2.27. The maximum absolute atomic E-state index is 5.78. The minimum Gasteiger partial charge on any atom is -0.497 e. The number of methoxy groups -OCH3 is 2. The topological polar surface area (TPSA) is 84.7 Å². The van der Waals surface area contributed by atoms with E-state index >= 15 is 0 Å². The molecule has 6 heteroatoms. The van der Waals surface area contributed by atoms with E-state index in [2.05, 4.69) is 17.0 Å². The molecule has 1 atom stereocenters. The van der Waals surface area contributed by atoms with Crippen molar-refractivity contribution in [3.8, 4) is 11.5 Å². The maximum atomic E-state index is 5.78. The van der Waals surface area contributed by atoms with Crippen molar-refractivity contribution in [2.75, 3.05) is 19.6 Å². The van der Waals surface area contributed by atoms with Crippen LogP contribution in [0.3, 0.4) is 0 Å². The van der Waals surface area contributed by atoms with E-state index in [0.717, 1.165) is 38.6 Å². The number of H-pyrrole nitrogens is 1. The van der Waals surface area contributed by atoms with Gasteiger partial charge in [0.25, 0.3) is 0 Å². The number of aromatic amines is 1. The molecule has 1 aliphatic rings. The lowest BCUT2D eigenvalue weighted by atomic mass is 9.93. The van der Waals surface area contributed by atoms with Gasteiger partial charge in [0, 0.05) is 34.2 Å². The van der Waals surface area contributed by atoms with Crippen molar-refractivity contribution in [3.63, 3.8) is 0 Å². The monoisotopic (exact) mass is 374 g/mol. The number of hydrazine groups is 1. The third-order valence-electron chi connectivity index (χ3n) is 5.02. The van der Waals surface area contributed by atoms with E-state index in [1.807, 2.05) is 54.7 Å². The molecule has 4 rings (SSSR count). The molecule has 1 aliphatic heterocycles. The minimum atomic E-state index is -0.284. The largest absolute Gasteiger partial charge is 0.497 e. The quantitative estimate of drug-likeness (QED) is 0.473. The van der Waals surface area contributed by atoms with Crippen LogP contribution in [-0.2, 0) is 0 Å². The fourth-order valence-corrected chi connectivity index (χ4v) is 3.71. The molecule has 1 unspecified atom stereocenters. The Labute approximate surface area is 163 Å². The van der Waals surface area contributed by atoms with E-state index in [-0.39, 0.29) is 6.04 Å². The Balaban J connectivity index is 2.07. The second kappa shape index (κ2) is 7.25. The van der Waals surface area contributed by atoms with Gasteiger partial charge < -0.3 is 19.9 Å². The molecule has 0 amide bonds. The second-order valence-corrected chi connectivity index (χ2v) is 6.41. The molecule has 0 radical (unpaired) electrons. The summed E-state index contributed by atoms with van der Waals surface area (Å²) in [5, 5.41) is 1.89. The predicted octanol–water partition coefficient (Wildman–Crippen LogP) is 2.43. The number of nitrogens with zero attached hydrogens (tertiary/aromatic N) is 1. The van der Waals surface area contributed by atoms with Crippen LogP contribution in [0.1, 0.15) is 22.7 Å². The fraction of sp³-hybridized carbons (Fsp3) is 0.136. The fourth-order valence-electron chi connectivity index (χ4n) is 3.71. The SMILES string of the molecule is C=CC1=c2ccccc2=NC(c2ccc(OC)cc2OC)c2c[nH]c(NN)c21. The average Bonchev–Trinajstić information content (AvgIpc) is 3.10. The van der Waals surface area contributed by atoms with Crippen LogP contribution in [0.15, 0.2) is 66.3 Å². The summed E-state index contributed by atoms with van der Waals surface area (Å²) >= 11 is 0. The number of hydrogen-bond acceptors (Lipinski definition) is 5. The van der Waals surface area contributed by atoms with Gasteiger partial charge in [-0.3, -0.25) is 4.99 Å². The number of fused-ring (bicyclic) bond motifs is 2. The molecule has 0 bridgehead atoms. The van der Waals surface area contributed by atoms with Crippen molar-refractivity contribution in [2.45, 2.75) is 6.04 Å². The van der Waals surface area contributed by atoms with Crippen molar-refractivity contribution < 1.29 is 9.47 Å². The van der Waals surface area contributed by atoms with E-state index in [1.54, 1.807) is 14.2 Å². The Kier molecular flexibility index (Phi) is 4.63. The van der Waals surface area contributed by atoms with Crippen LogP contribution >= 0.6 is 0 Å². The van der Waals surface area contributed by atoms with Crippen LogP contribution in [0.2, 0.25) is 0 Å². The van der Waals surface area contributed by atoms with E-state index in [1.165, 1.54) is 0 Å². The summed E-state index contributed by atoms with van der Waals surface area (Å²) in [5.41, 5.74) is 6.61. The first kappa shape index (κ1) is 17.9. The van der Waals surface area contributed by atoms with Crippen molar-refractivity contribution >= 4 is 11.4 Å². The lowest BCUT2D eigenvalue weighted by molar-refractivity contribution is 0.390. The lowest BCUT2D eigenvalue weighted by Gasteiger charge is -2.17. The van der Waals surface area contributed by atoms with Crippen LogP contribution in [0, 0.1) is 0 Å². The van der Waals surface area contributed by atoms with Gasteiger partial charge in [0.1, 0.15) is 23.4 Å². The number of para-hydroxylation sites is 1. The van der Waals surface area contributed by atoms with Crippen LogP contribution in [0.5, 0.6) is 11.5 Å². The summed E-state index contributed by atoms with van der Waals surface area (Å²) in [7, 11) is 3.28. The average molecular weight is 374 g/mol. The first-order chi connectivity index (χ1) is 13.7. The smallest absolute Gasteiger partial charge is 0.128 e. The molecule has 142 valence electrons. The molecule has 0 saturated heterocycles. The Morgan fingerprint density at radius 3 is 2.68 bits per heavy atom. The van der Waals surface area contributed by atoms with Gasteiger partial charge in [-0.05, 0) is 23.8 Å². The Hall–Kier alpha value is -3.51. The highest BCUT2D eigenvalue weighted by atomic mass is 16.5. The van der Waals surface area contributed by atoms with Crippen LogP contribution in [0.25, 0.3) is 5.57 Å². The van der Waals surface area contributed by atoms with Gasteiger partial charge in [-0.15, -0.1) is 0 Å². The molecule has 1 aromatic heterocycles. The summed E-state index contributed by atoms with van der Waals surface area (Å²) < 4.78 is 11.0. The van der Waals surface area contributed by atoms with Gasteiger partial charge in [0.05, 0.1) is 19.6 Å². The molecule has 6 nitrogen and oxygen atoms in total. The van der Waals surface area contributed by atoms with Crippen LogP contribution < -0.4 is 31.3 Å². The summed E-state index contributed by atoms with van der Waals surface area (Å²) in [6.07, 6.45) is 3.77. The number of hydrogen-bond donors (Lipinski definition) is 3. The van der Waals surface area contributed by atoms with Gasteiger partial charge in [-0.1, -0.05) is 30.9 Å². The third kappa shape index (κ3) is 2.75. The molecular formula is C22H22N4O2. The summed E-state index contributed by atoms with van der Waals surface area (Å²) in [6, 6.07) is 13.5.